The van der Waals surface area contributed by atoms with Crippen LogP contribution >= 0.6 is 0 Å². The van der Waals surface area contributed by atoms with Crippen LogP contribution in [0.4, 0.5) is 5.69 Å². The molecule has 3 heterocycles. The molecule has 0 spiro atoms. The van der Waals surface area contributed by atoms with Crippen molar-refractivity contribution in [2.75, 3.05) is 5.32 Å². The molecule has 0 aliphatic carbocycles. The van der Waals surface area contributed by atoms with Crippen LogP contribution in [0.25, 0.3) is 5.52 Å². The van der Waals surface area contributed by atoms with Gasteiger partial charge in [0.05, 0.1) is 29.2 Å². The van der Waals surface area contributed by atoms with Crippen molar-refractivity contribution in [1.29, 1.82) is 0 Å². The number of rotatable bonds is 3. The molecule has 0 aliphatic rings. The Balaban J connectivity index is 1.84. The third-order valence-corrected chi connectivity index (χ3v) is 2.91. The molecular weight excluding hydrogens is 272 g/mol. The lowest BCUT2D eigenvalue weighted by atomic mass is 10.2. The quantitative estimate of drug-likeness (QED) is 0.761. The van der Waals surface area contributed by atoms with Crippen molar-refractivity contribution in [3.8, 4) is 0 Å². The number of carbonyl (C=O) groups excluding carboxylic acids is 1. The predicted molar refractivity (Wildman–Crippen MR) is 74.3 cm³/mol. The molecule has 0 fully saturated rings. The predicted octanol–water partition coefficient (Wildman–Crippen LogP) is 1.68. The highest BCUT2D eigenvalue weighted by Gasteiger charge is 2.13. The number of carbonyl (C=O) groups is 2. The highest BCUT2D eigenvalue weighted by atomic mass is 16.4. The number of fused-ring (bicyclic) bond motifs is 1. The lowest BCUT2D eigenvalue weighted by molar-refractivity contribution is 0.0690. The van der Waals surface area contributed by atoms with Crippen LogP contribution in [0.2, 0.25) is 0 Å². The molecule has 2 N–H and O–H groups in total. The Hall–Kier alpha value is -3.22. The van der Waals surface area contributed by atoms with E-state index in [0.717, 1.165) is 0 Å². The summed E-state index contributed by atoms with van der Waals surface area (Å²) in [6.07, 6.45) is 4.52. The van der Waals surface area contributed by atoms with Gasteiger partial charge >= 0.3 is 5.97 Å². The number of aromatic carboxylic acids is 1. The third kappa shape index (κ3) is 2.44. The van der Waals surface area contributed by atoms with E-state index in [9.17, 15) is 9.59 Å². The first-order valence-corrected chi connectivity index (χ1v) is 6.08. The van der Waals surface area contributed by atoms with Crippen molar-refractivity contribution in [2.24, 2.45) is 0 Å². The Morgan fingerprint density at radius 2 is 2.00 bits per heavy atom. The molecule has 0 radical (unpaired) electrons. The monoisotopic (exact) mass is 282 g/mol. The van der Waals surface area contributed by atoms with E-state index in [4.69, 9.17) is 5.11 Å². The van der Waals surface area contributed by atoms with E-state index in [0.29, 0.717) is 16.8 Å². The number of hydrogen-bond donors (Lipinski definition) is 2. The van der Waals surface area contributed by atoms with Gasteiger partial charge in [0.1, 0.15) is 5.69 Å². The smallest absolute Gasteiger partial charge is 0.354 e. The summed E-state index contributed by atoms with van der Waals surface area (Å²) in [6.45, 7) is 0. The number of carboxylic acid groups (broad SMARTS) is 1. The van der Waals surface area contributed by atoms with Crippen molar-refractivity contribution >= 4 is 23.1 Å². The molecular formula is C14H10N4O3. The van der Waals surface area contributed by atoms with Crippen LogP contribution in [0.5, 0.6) is 0 Å². The molecule has 3 aromatic rings. The number of pyridine rings is 2. The van der Waals surface area contributed by atoms with E-state index in [1.165, 1.54) is 24.5 Å². The van der Waals surface area contributed by atoms with E-state index in [2.05, 4.69) is 15.4 Å². The molecule has 0 unspecified atom stereocenters. The minimum atomic E-state index is -1.12. The number of hydrogen-bond acceptors (Lipinski definition) is 4. The summed E-state index contributed by atoms with van der Waals surface area (Å²) in [5.74, 6) is -1.45. The summed E-state index contributed by atoms with van der Waals surface area (Å²) in [5.41, 5.74) is 1.45. The topological polar surface area (TPSA) is 96.6 Å². The highest BCUT2D eigenvalue weighted by molar-refractivity contribution is 6.08. The highest BCUT2D eigenvalue weighted by Crippen LogP contribution is 2.13. The van der Waals surface area contributed by atoms with Gasteiger partial charge in [-0.1, -0.05) is 6.07 Å². The first-order chi connectivity index (χ1) is 10.1. The minimum absolute atomic E-state index is 0.0796. The SMILES string of the molecule is O=C(O)c1ccc(NC(=O)c2cnn3ccccc23)cn1. The maximum Gasteiger partial charge on any atom is 0.354 e. The molecule has 21 heavy (non-hydrogen) atoms. The first kappa shape index (κ1) is 12.8. The van der Waals surface area contributed by atoms with Crippen LogP contribution in [-0.2, 0) is 0 Å². The van der Waals surface area contributed by atoms with Crippen LogP contribution in [0.1, 0.15) is 20.8 Å². The van der Waals surface area contributed by atoms with E-state index < -0.39 is 5.97 Å². The fourth-order valence-electron chi connectivity index (χ4n) is 1.90. The number of aromatic nitrogens is 3. The fourth-order valence-corrected chi connectivity index (χ4v) is 1.90. The molecule has 104 valence electrons. The molecule has 0 atom stereocenters. The van der Waals surface area contributed by atoms with E-state index in [1.807, 2.05) is 12.1 Å². The Morgan fingerprint density at radius 1 is 1.14 bits per heavy atom. The van der Waals surface area contributed by atoms with E-state index in [-0.39, 0.29) is 11.6 Å². The zero-order chi connectivity index (χ0) is 14.8. The average Bonchev–Trinajstić information content (AvgIpc) is 2.92. The van der Waals surface area contributed by atoms with Gasteiger partial charge in [-0.25, -0.2) is 14.3 Å². The van der Waals surface area contributed by atoms with Crippen molar-refractivity contribution in [2.45, 2.75) is 0 Å². The number of nitrogens with one attached hydrogen (secondary N) is 1. The Labute approximate surface area is 118 Å². The van der Waals surface area contributed by atoms with E-state index >= 15 is 0 Å². The molecule has 7 heteroatoms. The zero-order valence-corrected chi connectivity index (χ0v) is 10.7. The molecule has 7 nitrogen and oxygen atoms in total. The van der Waals surface area contributed by atoms with Crippen LogP contribution < -0.4 is 5.32 Å². The summed E-state index contributed by atoms with van der Waals surface area (Å²) in [5, 5.41) is 15.5. The molecule has 0 aliphatic heterocycles. The number of anilines is 1. The van der Waals surface area contributed by atoms with Crippen LogP contribution in [0.15, 0.2) is 48.9 Å². The summed E-state index contributed by atoms with van der Waals surface area (Å²) in [4.78, 5) is 26.6. The second kappa shape index (κ2) is 5.04. The van der Waals surface area contributed by atoms with E-state index in [1.54, 1.807) is 16.8 Å². The molecule has 0 aromatic carbocycles. The van der Waals surface area contributed by atoms with Gasteiger partial charge in [-0.2, -0.15) is 5.10 Å². The zero-order valence-electron chi connectivity index (χ0n) is 10.7. The normalized spacial score (nSPS) is 10.5. The second-order valence-electron chi connectivity index (χ2n) is 4.28. The Kier molecular flexibility index (Phi) is 3.07. The maximum atomic E-state index is 12.2. The first-order valence-electron chi connectivity index (χ1n) is 6.08. The molecule has 0 saturated heterocycles. The average molecular weight is 282 g/mol. The van der Waals surface area contributed by atoms with Crippen LogP contribution in [-0.4, -0.2) is 31.6 Å². The largest absolute Gasteiger partial charge is 0.477 e. The molecule has 0 bridgehead atoms. The van der Waals surface area contributed by atoms with Gasteiger partial charge in [-0.05, 0) is 24.3 Å². The summed E-state index contributed by atoms with van der Waals surface area (Å²) >= 11 is 0. The lowest BCUT2D eigenvalue weighted by Gasteiger charge is -2.04. The summed E-state index contributed by atoms with van der Waals surface area (Å²) in [6, 6.07) is 8.23. The standard InChI is InChI=1S/C14H10N4O3/c19-13(10-8-16-18-6-2-1-3-12(10)18)17-9-4-5-11(14(20)21)15-7-9/h1-8H,(H,17,19)(H,20,21). The van der Waals surface area contributed by atoms with Crippen molar-refractivity contribution in [3.63, 3.8) is 0 Å². The number of carboxylic acids is 1. The summed E-state index contributed by atoms with van der Waals surface area (Å²) in [7, 11) is 0. The Morgan fingerprint density at radius 3 is 2.71 bits per heavy atom. The fraction of sp³-hybridized carbons (Fsp3) is 0. The van der Waals surface area contributed by atoms with Crippen molar-refractivity contribution in [3.05, 3.63) is 60.2 Å². The van der Waals surface area contributed by atoms with Crippen molar-refractivity contribution < 1.29 is 14.7 Å². The summed E-state index contributed by atoms with van der Waals surface area (Å²) < 4.78 is 1.60. The van der Waals surface area contributed by atoms with Gasteiger partial charge in [-0.15, -0.1) is 0 Å². The van der Waals surface area contributed by atoms with Gasteiger partial charge in [0, 0.05) is 6.20 Å². The number of amides is 1. The molecule has 3 aromatic heterocycles. The third-order valence-electron chi connectivity index (χ3n) is 2.91. The van der Waals surface area contributed by atoms with Crippen molar-refractivity contribution in [1.82, 2.24) is 14.6 Å². The molecule has 3 rings (SSSR count). The van der Waals surface area contributed by atoms with Gasteiger partial charge < -0.3 is 10.4 Å². The molecule has 0 saturated carbocycles. The second-order valence-corrected chi connectivity index (χ2v) is 4.28. The Bertz CT molecular complexity index is 824. The number of nitrogens with zero attached hydrogens (tertiary/aromatic N) is 3. The van der Waals surface area contributed by atoms with Crippen LogP contribution in [0, 0.1) is 0 Å². The lowest BCUT2D eigenvalue weighted by Crippen LogP contribution is -2.12. The molecule has 1 amide bonds. The van der Waals surface area contributed by atoms with Gasteiger partial charge in [0.2, 0.25) is 0 Å². The van der Waals surface area contributed by atoms with Gasteiger partial charge in [0.15, 0.2) is 0 Å². The van der Waals surface area contributed by atoms with Crippen LogP contribution in [0.3, 0.4) is 0 Å². The minimum Gasteiger partial charge on any atom is -0.477 e. The van der Waals surface area contributed by atoms with Gasteiger partial charge in [0.25, 0.3) is 5.91 Å². The van der Waals surface area contributed by atoms with Gasteiger partial charge in [-0.3, -0.25) is 4.79 Å². The maximum absolute atomic E-state index is 12.2.